The van der Waals surface area contributed by atoms with E-state index in [1.165, 1.54) is 6.33 Å². The van der Waals surface area contributed by atoms with E-state index in [-0.39, 0.29) is 11.2 Å². The number of rotatable bonds is 5. The van der Waals surface area contributed by atoms with Crippen molar-refractivity contribution < 1.29 is 12.9 Å². The van der Waals surface area contributed by atoms with Crippen LogP contribution in [0.2, 0.25) is 0 Å². The van der Waals surface area contributed by atoms with Crippen molar-refractivity contribution in [3.05, 3.63) is 12.2 Å². The van der Waals surface area contributed by atoms with E-state index in [4.69, 9.17) is 0 Å². The molecule has 0 aliphatic rings. The van der Waals surface area contributed by atoms with Crippen molar-refractivity contribution in [2.24, 2.45) is 0 Å². The van der Waals surface area contributed by atoms with E-state index in [0.29, 0.717) is 12.3 Å². The number of hydrogen-bond acceptors (Lipinski definition) is 5. The average molecular weight is 270 g/mol. The average Bonchev–Trinajstić information content (AvgIpc) is 2.57. The van der Waals surface area contributed by atoms with Gasteiger partial charge in [0.2, 0.25) is 15.9 Å². The lowest BCUT2D eigenvalue weighted by Crippen LogP contribution is -2.26. The lowest BCUT2D eigenvalue weighted by atomic mass is 10.4. The molecule has 1 N–H and O–H groups in total. The molecule has 74 valence electrons. The lowest BCUT2D eigenvalue weighted by Gasteiger charge is -1.99. The number of sulfonamides is 1. The summed E-state index contributed by atoms with van der Waals surface area (Å²) in [6.07, 6.45) is 1.67. The topological polar surface area (TPSA) is 85.1 Å². The number of hydrogen-bond donors (Lipinski definition) is 1. The first kappa shape index (κ1) is 10.6. The van der Waals surface area contributed by atoms with Crippen molar-refractivity contribution >= 4 is 26.0 Å². The highest BCUT2D eigenvalue weighted by atomic mass is 79.9. The van der Waals surface area contributed by atoms with E-state index in [1.807, 2.05) is 0 Å². The first-order valence-corrected chi connectivity index (χ1v) is 6.20. The van der Waals surface area contributed by atoms with Crippen LogP contribution in [-0.4, -0.2) is 29.8 Å². The van der Waals surface area contributed by atoms with Gasteiger partial charge in [-0.2, -0.15) is 4.98 Å². The molecular formula is C5H8BrN3O3S. The minimum atomic E-state index is -3.20. The fourth-order valence-electron chi connectivity index (χ4n) is 0.658. The van der Waals surface area contributed by atoms with Gasteiger partial charge in [0.05, 0.1) is 0 Å². The Morgan fingerprint density at radius 2 is 2.38 bits per heavy atom. The maximum absolute atomic E-state index is 10.9. The Balaban J connectivity index is 2.30. The molecule has 0 atom stereocenters. The maximum Gasteiger partial charge on any atom is 0.227 e. The predicted molar refractivity (Wildman–Crippen MR) is 48.7 cm³/mol. The van der Waals surface area contributed by atoms with Gasteiger partial charge < -0.3 is 4.52 Å². The highest BCUT2D eigenvalue weighted by molar-refractivity contribution is 9.10. The molecule has 1 aromatic rings. The Bertz CT molecular complexity index is 336. The van der Waals surface area contributed by atoms with E-state index < -0.39 is 10.0 Å². The quantitative estimate of drug-likeness (QED) is 0.754. The van der Waals surface area contributed by atoms with Gasteiger partial charge in [-0.25, -0.2) is 13.1 Å². The SMILES string of the molecule is O=S(=O)(CBr)NCCc1ncno1. The summed E-state index contributed by atoms with van der Waals surface area (Å²) in [5.74, 6) is 0.414. The summed E-state index contributed by atoms with van der Waals surface area (Å²) in [6.45, 7) is 0.260. The zero-order chi connectivity index (χ0) is 9.73. The smallest absolute Gasteiger partial charge is 0.227 e. The molecule has 0 unspecified atom stereocenters. The minimum absolute atomic E-state index is 0.107. The van der Waals surface area contributed by atoms with Crippen molar-refractivity contribution in [2.45, 2.75) is 6.42 Å². The second-order valence-electron chi connectivity index (χ2n) is 2.20. The summed E-state index contributed by atoms with van der Waals surface area (Å²) < 4.78 is 28.7. The zero-order valence-corrected chi connectivity index (χ0v) is 9.01. The van der Waals surface area contributed by atoms with E-state index in [2.05, 4.69) is 35.3 Å². The first-order valence-electron chi connectivity index (χ1n) is 3.43. The lowest BCUT2D eigenvalue weighted by molar-refractivity contribution is 0.377. The normalized spacial score (nSPS) is 11.8. The molecule has 0 saturated carbocycles. The van der Waals surface area contributed by atoms with Crippen molar-refractivity contribution in [1.82, 2.24) is 14.9 Å². The highest BCUT2D eigenvalue weighted by Gasteiger charge is 2.07. The largest absolute Gasteiger partial charge is 0.340 e. The van der Waals surface area contributed by atoms with Crippen LogP contribution in [0.3, 0.4) is 0 Å². The van der Waals surface area contributed by atoms with E-state index >= 15 is 0 Å². The number of aromatic nitrogens is 2. The van der Waals surface area contributed by atoms with Crippen LogP contribution >= 0.6 is 15.9 Å². The predicted octanol–water partition coefficient (Wildman–Crippen LogP) is -0.116. The van der Waals surface area contributed by atoms with Crippen LogP contribution in [0.15, 0.2) is 10.9 Å². The summed E-state index contributed by atoms with van der Waals surface area (Å²) in [6, 6.07) is 0. The molecule has 0 radical (unpaired) electrons. The molecule has 1 aromatic heterocycles. The Labute approximate surface area is 83.9 Å². The number of halogens is 1. The van der Waals surface area contributed by atoms with Crippen molar-refractivity contribution in [1.29, 1.82) is 0 Å². The van der Waals surface area contributed by atoms with Crippen molar-refractivity contribution in [2.75, 3.05) is 11.2 Å². The fraction of sp³-hybridized carbons (Fsp3) is 0.600. The fourth-order valence-corrected chi connectivity index (χ4v) is 1.63. The monoisotopic (exact) mass is 269 g/mol. The Hall–Kier alpha value is -0.470. The van der Waals surface area contributed by atoms with Gasteiger partial charge in [0.1, 0.15) is 4.66 Å². The molecule has 6 nitrogen and oxygen atoms in total. The molecule has 0 bridgehead atoms. The van der Waals surface area contributed by atoms with E-state index in [1.54, 1.807) is 0 Å². The summed E-state index contributed by atoms with van der Waals surface area (Å²) in [5, 5.41) is 3.38. The van der Waals surface area contributed by atoms with E-state index in [0.717, 1.165) is 0 Å². The Morgan fingerprint density at radius 3 is 2.92 bits per heavy atom. The maximum atomic E-state index is 10.9. The standard InChI is InChI=1S/C5H8BrN3O3S/c6-3-13(10,11)9-2-1-5-7-4-8-12-5/h4,9H,1-3H2. The summed E-state index contributed by atoms with van der Waals surface area (Å²) in [7, 11) is -3.20. The van der Waals surface area contributed by atoms with Crippen LogP contribution in [0.1, 0.15) is 5.89 Å². The third kappa shape index (κ3) is 3.83. The number of nitrogens with one attached hydrogen (secondary N) is 1. The van der Waals surface area contributed by atoms with Gasteiger partial charge in [0, 0.05) is 13.0 Å². The zero-order valence-electron chi connectivity index (χ0n) is 6.60. The number of alkyl halides is 1. The van der Waals surface area contributed by atoms with Gasteiger partial charge in [0.25, 0.3) is 0 Å². The third-order valence-corrected chi connectivity index (χ3v) is 3.95. The van der Waals surface area contributed by atoms with Gasteiger partial charge in [-0.15, -0.1) is 0 Å². The summed E-state index contributed by atoms with van der Waals surface area (Å²) in [4.78, 5) is 3.74. The second-order valence-corrected chi connectivity index (χ2v) is 5.31. The summed E-state index contributed by atoms with van der Waals surface area (Å²) >= 11 is 2.85. The molecule has 0 spiro atoms. The molecule has 0 amide bonds. The molecule has 0 saturated heterocycles. The van der Waals surface area contributed by atoms with Gasteiger partial charge >= 0.3 is 0 Å². The van der Waals surface area contributed by atoms with Crippen LogP contribution in [0.4, 0.5) is 0 Å². The molecule has 1 heterocycles. The molecule has 1 rings (SSSR count). The highest BCUT2D eigenvalue weighted by Crippen LogP contribution is 1.94. The minimum Gasteiger partial charge on any atom is -0.340 e. The number of nitrogens with zero attached hydrogens (tertiary/aromatic N) is 2. The molecule has 0 fully saturated rings. The van der Waals surface area contributed by atoms with Crippen LogP contribution in [0.5, 0.6) is 0 Å². The van der Waals surface area contributed by atoms with E-state index in [9.17, 15) is 8.42 Å². The summed E-state index contributed by atoms with van der Waals surface area (Å²) in [5.41, 5.74) is 0. The van der Waals surface area contributed by atoms with Crippen molar-refractivity contribution in [3.63, 3.8) is 0 Å². The molecule has 8 heteroatoms. The van der Waals surface area contributed by atoms with Crippen LogP contribution in [0, 0.1) is 0 Å². The molecule has 0 aliphatic heterocycles. The molecule has 13 heavy (non-hydrogen) atoms. The first-order chi connectivity index (χ1) is 6.14. The van der Waals surface area contributed by atoms with Gasteiger partial charge in [0.15, 0.2) is 6.33 Å². The van der Waals surface area contributed by atoms with Crippen molar-refractivity contribution in [3.8, 4) is 0 Å². The van der Waals surface area contributed by atoms with Crippen LogP contribution in [-0.2, 0) is 16.4 Å². The van der Waals surface area contributed by atoms with Crippen LogP contribution in [0.25, 0.3) is 0 Å². The van der Waals surface area contributed by atoms with Crippen LogP contribution < -0.4 is 4.72 Å². The third-order valence-electron chi connectivity index (χ3n) is 1.21. The van der Waals surface area contributed by atoms with Gasteiger partial charge in [-0.05, 0) is 0 Å². The second kappa shape index (κ2) is 4.68. The molecular weight excluding hydrogens is 262 g/mol. The molecule has 0 aromatic carbocycles. The Kier molecular flexibility index (Phi) is 3.82. The molecule has 0 aliphatic carbocycles. The Morgan fingerprint density at radius 1 is 1.62 bits per heavy atom. The van der Waals surface area contributed by atoms with Gasteiger partial charge in [-0.3, -0.25) is 0 Å². The van der Waals surface area contributed by atoms with Gasteiger partial charge in [-0.1, -0.05) is 21.1 Å².